The molecule has 0 radical (unpaired) electrons. The number of hydrogen-bond donors (Lipinski definition) is 0. The fourth-order valence-electron chi connectivity index (χ4n) is 2.34. The van der Waals surface area contributed by atoms with Crippen LogP contribution in [0.2, 0.25) is 0 Å². The Morgan fingerprint density at radius 1 is 1.32 bits per heavy atom. The normalized spacial score (nSPS) is 11.3. The van der Waals surface area contributed by atoms with Crippen molar-refractivity contribution in [1.29, 1.82) is 0 Å². The van der Waals surface area contributed by atoms with E-state index in [4.69, 9.17) is 4.74 Å². The zero-order chi connectivity index (χ0) is 17.6. The van der Waals surface area contributed by atoms with Crippen LogP contribution >= 0.6 is 22.7 Å². The van der Waals surface area contributed by atoms with Gasteiger partial charge in [0.15, 0.2) is 5.01 Å². The number of thiophene rings is 1. The van der Waals surface area contributed by atoms with Crippen molar-refractivity contribution in [3.8, 4) is 0 Å². The second-order valence-electron chi connectivity index (χ2n) is 5.26. The summed E-state index contributed by atoms with van der Waals surface area (Å²) in [4.78, 5) is 29.0. The quantitative estimate of drug-likeness (QED) is 0.514. The van der Waals surface area contributed by atoms with Crippen LogP contribution in [0.5, 0.6) is 0 Å². The van der Waals surface area contributed by atoms with E-state index in [1.165, 1.54) is 45.4 Å². The molecule has 0 atom stereocenters. The van der Waals surface area contributed by atoms with Crippen LogP contribution in [-0.2, 0) is 11.3 Å². The van der Waals surface area contributed by atoms with Crippen LogP contribution in [0.1, 0.15) is 20.4 Å². The molecule has 0 saturated heterocycles. The van der Waals surface area contributed by atoms with Crippen molar-refractivity contribution in [3.63, 3.8) is 0 Å². The largest absolute Gasteiger partial charge is 0.454 e. The minimum Gasteiger partial charge on any atom is -0.454 e. The number of aryl methyl sites for hydroxylation is 1. The van der Waals surface area contributed by atoms with E-state index in [1.807, 2.05) is 0 Å². The maximum atomic E-state index is 13.7. The maximum absolute atomic E-state index is 13.7. The lowest BCUT2D eigenvalue weighted by Gasteiger charge is -1.98. The third-order valence-corrected chi connectivity index (χ3v) is 5.41. The Morgan fingerprint density at radius 2 is 2.16 bits per heavy atom. The number of carbonyl (C=O) groups is 1. The van der Waals surface area contributed by atoms with Gasteiger partial charge in [0.05, 0.1) is 0 Å². The highest BCUT2D eigenvalue weighted by Gasteiger charge is 2.15. The summed E-state index contributed by atoms with van der Waals surface area (Å²) < 4.78 is 20.8. The van der Waals surface area contributed by atoms with E-state index in [0.29, 0.717) is 30.6 Å². The molecule has 25 heavy (non-hydrogen) atoms. The molecule has 6 nitrogen and oxygen atoms in total. The van der Waals surface area contributed by atoms with Crippen LogP contribution in [0.4, 0.5) is 4.39 Å². The lowest BCUT2D eigenvalue weighted by molar-refractivity contribution is 0.0477. The van der Waals surface area contributed by atoms with Crippen molar-refractivity contribution in [3.05, 3.63) is 62.1 Å². The van der Waals surface area contributed by atoms with Gasteiger partial charge in [0.2, 0.25) is 4.96 Å². The van der Waals surface area contributed by atoms with Crippen molar-refractivity contribution < 1.29 is 13.9 Å². The number of ether oxygens (including phenoxy) is 1. The highest BCUT2D eigenvalue weighted by molar-refractivity contribution is 7.20. The molecule has 3 aromatic heterocycles. The Balaban J connectivity index is 1.56. The molecular weight excluding hydrogens is 365 g/mol. The third kappa shape index (κ3) is 2.92. The number of esters is 1. The molecule has 0 aliphatic heterocycles. The fourth-order valence-corrected chi connectivity index (χ4v) is 4.17. The summed E-state index contributed by atoms with van der Waals surface area (Å²) in [6.45, 7) is 1.64. The van der Waals surface area contributed by atoms with Crippen LogP contribution in [0.3, 0.4) is 0 Å². The summed E-state index contributed by atoms with van der Waals surface area (Å²) in [5.74, 6) is -0.934. The van der Waals surface area contributed by atoms with Gasteiger partial charge in [-0.05, 0) is 25.1 Å². The lowest BCUT2D eigenvalue weighted by atomic mass is 10.2. The van der Waals surface area contributed by atoms with Gasteiger partial charge < -0.3 is 4.74 Å². The van der Waals surface area contributed by atoms with Crippen LogP contribution in [0.25, 0.3) is 15.0 Å². The minimum atomic E-state index is -0.559. The standard InChI is InChI=1S/C16H10FN3O3S2/c1-8-5-14(21)20-16(18-8)25-13(19-20)7-23-15(22)12-6-9-10(17)3-2-4-11(9)24-12/h2-6H,7H2,1H3. The van der Waals surface area contributed by atoms with Gasteiger partial charge >= 0.3 is 5.97 Å². The van der Waals surface area contributed by atoms with Gasteiger partial charge in [0.25, 0.3) is 5.56 Å². The average molecular weight is 375 g/mol. The van der Waals surface area contributed by atoms with E-state index in [2.05, 4.69) is 10.1 Å². The third-order valence-electron chi connectivity index (χ3n) is 3.45. The summed E-state index contributed by atoms with van der Waals surface area (Å²) in [6.07, 6.45) is 0. The van der Waals surface area contributed by atoms with E-state index in [9.17, 15) is 14.0 Å². The Morgan fingerprint density at radius 3 is 2.96 bits per heavy atom. The van der Waals surface area contributed by atoms with Crippen LogP contribution < -0.4 is 5.56 Å². The zero-order valence-corrected chi connectivity index (χ0v) is 14.5. The molecular formula is C16H10FN3O3S2. The van der Waals surface area contributed by atoms with Gasteiger partial charge in [0.1, 0.15) is 17.3 Å². The molecule has 3 heterocycles. The molecule has 4 aromatic rings. The minimum absolute atomic E-state index is 0.0813. The highest BCUT2D eigenvalue weighted by Crippen LogP contribution is 2.28. The Kier molecular flexibility index (Phi) is 3.81. The van der Waals surface area contributed by atoms with Crippen molar-refractivity contribution in [1.82, 2.24) is 14.6 Å². The van der Waals surface area contributed by atoms with Crippen LogP contribution in [0.15, 0.2) is 35.1 Å². The SMILES string of the molecule is Cc1cc(=O)n2nc(COC(=O)c3cc4c(F)cccc4s3)sc2n1. The van der Waals surface area contributed by atoms with Crippen LogP contribution in [-0.4, -0.2) is 20.6 Å². The molecule has 0 N–H and O–H groups in total. The first-order valence-corrected chi connectivity index (χ1v) is 8.86. The van der Waals surface area contributed by atoms with Crippen LogP contribution in [0, 0.1) is 12.7 Å². The van der Waals surface area contributed by atoms with Crippen molar-refractivity contribution in [2.24, 2.45) is 0 Å². The van der Waals surface area contributed by atoms with Gasteiger partial charge in [-0.15, -0.1) is 11.3 Å². The first-order chi connectivity index (χ1) is 12.0. The highest BCUT2D eigenvalue weighted by atomic mass is 32.1. The number of nitrogens with zero attached hydrogens (tertiary/aromatic N) is 3. The Labute approximate surface area is 148 Å². The first-order valence-electron chi connectivity index (χ1n) is 7.23. The van der Waals surface area contributed by atoms with Gasteiger partial charge in [-0.3, -0.25) is 4.79 Å². The summed E-state index contributed by atoms with van der Waals surface area (Å²) in [7, 11) is 0. The second-order valence-corrected chi connectivity index (χ2v) is 7.39. The second kappa shape index (κ2) is 6.01. The molecule has 0 saturated carbocycles. The van der Waals surface area contributed by atoms with E-state index in [-0.39, 0.29) is 18.0 Å². The number of hydrogen-bond acceptors (Lipinski definition) is 7. The Bertz CT molecular complexity index is 1180. The summed E-state index contributed by atoms with van der Waals surface area (Å²) in [6, 6.07) is 7.54. The average Bonchev–Trinajstić information content (AvgIpc) is 3.17. The summed E-state index contributed by atoms with van der Waals surface area (Å²) in [5, 5.41) is 4.95. The topological polar surface area (TPSA) is 73.6 Å². The number of aromatic nitrogens is 3. The molecule has 9 heteroatoms. The van der Waals surface area contributed by atoms with Crippen molar-refractivity contribution in [2.45, 2.75) is 13.5 Å². The van der Waals surface area contributed by atoms with E-state index in [1.54, 1.807) is 19.1 Å². The zero-order valence-electron chi connectivity index (χ0n) is 12.9. The molecule has 4 rings (SSSR count). The summed E-state index contributed by atoms with van der Waals surface area (Å²) >= 11 is 2.34. The van der Waals surface area contributed by atoms with Crippen molar-refractivity contribution in [2.75, 3.05) is 0 Å². The first kappa shape index (κ1) is 15.9. The van der Waals surface area contributed by atoms with Gasteiger partial charge in [-0.25, -0.2) is 14.2 Å². The molecule has 0 fully saturated rings. The molecule has 0 unspecified atom stereocenters. The lowest BCUT2D eigenvalue weighted by Crippen LogP contribution is -2.14. The number of carbonyl (C=O) groups excluding carboxylic acids is 1. The Hall–Kier alpha value is -2.65. The number of benzene rings is 1. The van der Waals surface area contributed by atoms with E-state index < -0.39 is 5.97 Å². The monoisotopic (exact) mass is 375 g/mol. The molecule has 0 aliphatic carbocycles. The predicted molar refractivity (Wildman–Crippen MR) is 92.8 cm³/mol. The van der Waals surface area contributed by atoms with Gasteiger partial charge in [0, 0.05) is 21.8 Å². The summed E-state index contributed by atoms with van der Waals surface area (Å²) in [5.41, 5.74) is 0.320. The van der Waals surface area contributed by atoms with Crippen molar-refractivity contribution >= 4 is 43.7 Å². The molecule has 126 valence electrons. The molecule has 1 aromatic carbocycles. The van der Waals surface area contributed by atoms with Gasteiger partial charge in [-0.1, -0.05) is 17.4 Å². The fraction of sp³-hybridized carbons (Fsp3) is 0.125. The molecule has 0 aliphatic rings. The smallest absolute Gasteiger partial charge is 0.348 e. The molecule has 0 spiro atoms. The van der Waals surface area contributed by atoms with E-state index >= 15 is 0 Å². The predicted octanol–water partition coefficient (Wildman–Crippen LogP) is 3.17. The number of halogens is 1. The van der Waals surface area contributed by atoms with Gasteiger partial charge in [-0.2, -0.15) is 9.61 Å². The molecule has 0 amide bonds. The molecule has 0 bridgehead atoms. The van der Waals surface area contributed by atoms with E-state index in [0.717, 1.165) is 0 Å². The number of rotatable bonds is 3. The number of fused-ring (bicyclic) bond motifs is 2. The maximum Gasteiger partial charge on any atom is 0.348 e.